The van der Waals surface area contributed by atoms with Gasteiger partial charge in [0.25, 0.3) is 0 Å². The van der Waals surface area contributed by atoms with Crippen molar-refractivity contribution in [3.05, 3.63) is 0 Å². The Labute approximate surface area is 96.5 Å². The van der Waals surface area contributed by atoms with Gasteiger partial charge in [0.1, 0.15) is 6.07 Å². The van der Waals surface area contributed by atoms with Crippen molar-refractivity contribution in [3.63, 3.8) is 0 Å². The average Bonchev–Trinajstić information content (AvgIpc) is 2.13. The van der Waals surface area contributed by atoms with Crippen molar-refractivity contribution in [2.24, 2.45) is 0 Å². The van der Waals surface area contributed by atoms with E-state index in [2.05, 4.69) is 0 Å². The molecule has 0 bridgehead atoms. The van der Waals surface area contributed by atoms with Gasteiger partial charge in [0.2, 0.25) is 0 Å². The highest BCUT2D eigenvalue weighted by Gasteiger charge is 2.78. The third-order valence-corrected chi connectivity index (χ3v) is 1.53. The first kappa shape index (κ1) is 17.7. The second-order valence-electron chi connectivity index (χ2n) is 2.94. The Morgan fingerprint density at radius 2 is 1.21 bits per heavy atom. The lowest BCUT2D eigenvalue weighted by Gasteiger charge is -2.34. The third kappa shape index (κ3) is 3.00. The van der Waals surface area contributed by atoms with E-state index in [1.807, 2.05) is 0 Å². The minimum Gasteiger partial charge on any atom is -0.331 e. The maximum atomic E-state index is 12.7. The molecule has 0 fully saturated rings. The SMILES string of the molecule is N#CC(F)(F)C(F)(F)OC(F)(C(O)(F)F)C(F)(F)F. The molecule has 3 nitrogen and oxygen atoms in total. The monoisotopic (exact) mass is 309 g/mol. The van der Waals surface area contributed by atoms with Gasteiger partial charge >= 0.3 is 30.2 Å². The molecule has 0 aliphatic rings. The van der Waals surface area contributed by atoms with E-state index in [1.165, 1.54) is 0 Å². The molecule has 13 heteroatoms. The van der Waals surface area contributed by atoms with Gasteiger partial charge in [-0.3, -0.25) is 4.74 Å². The number of alkyl halides is 10. The molecule has 0 saturated heterocycles. The summed E-state index contributed by atoms with van der Waals surface area (Å²) in [6, 6.07) is -0.562. The zero-order chi connectivity index (χ0) is 15.9. The van der Waals surface area contributed by atoms with E-state index in [4.69, 9.17) is 10.4 Å². The molecular formula is C6HF10NO2. The van der Waals surface area contributed by atoms with Gasteiger partial charge in [-0.25, -0.2) is 0 Å². The molecule has 0 heterocycles. The minimum atomic E-state index is -7.00. The number of aliphatic hydroxyl groups is 1. The summed E-state index contributed by atoms with van der Waals surface area (Å²) in [5.74, 6) is -12.9. The second kappa shape index (κ2) is 4.37. The van der Waals surface area contributed by atoms with Crippen molar-refractivity contribution in [3.8, 4) is 6.07 Å². The first-order chi connectivity index (χ1) is 8.02. The molecule has 0 aliphatic carbocycles. The summed E-state index contributed by atoms with van der Waals surface area (Å²) >= 11 is 0. The Hall–Kier alpha value is -1.29. The number of rotatable bonds is 4. The average molecular weight is 309 g/mol. The summed E-state index contributed by atoms with van der Waals surface area (Å²) in [4.78, 5) is 0. The lowest BCUT2D eigenvalue weighted by Crippen LogP contribution is -2.62. The topological polar surface area (TPSA) is 53.2 Å². The lowest BCUT2D eigenvalue weighted by atomic mass is 10.2. The van der Waals surface area contributed by atoms with E-state index in [0.29, 0.717) is 0 Å². The van der Waals surface area contributed by atoms with Crippen LogP contribution in [0.4, 0.5) is 43.9 Å². The molecule has 1 N–H and O–H groups in total. The highest BCUT2D eigenvalue weighted by molar-refractivity contribution is 5.00. The molecule has 0 aromatic rings. The highest BCUT2D eigenvalue weighted by atomic mass is 19.4. The molecule has 0 rings (SSSR count). The van der Waals surface area contributed by atoms with Crippen molar-refractivity contribution >= 4 is 0 Å². The summed E-state index contributed by atoms with van der Waals surface area (Å²) in [6.45, 7) is 0. The van der Waals surface area contributed by atoms with Gasteiger partial charge < -0.3 is 5.11 Å². The molecule has 1 atom stereocenters. The second-order valence-corrected chi connectivity index (χ2v) is 2.94. The van der Waals surface area contributed by atoms with Gasteiger partial charge in [0, 0.05) is 0 Å². The van der Waals surface area contributed by atoms with Gasteiger partial charge in [-0.05, 0) is 0 Å². The van der Waals surface area contributed by atoms with Crippen LogP contribution in [0.15, 0.2) is 0 Å². The van der Waals surface area contributed by atoms with E-state index >= 15 is 0 Å². The van der Waals surface area contributed by atoms with Crippen LogP contribution >= 0.6 is 0 Å². The predicted octanol–water partition coefficient (Wildman–Crippen LogP) is 2.57. The van der Waals surface area contributed by atoms with E-state index in [0.717, 1.165) is 0 Å². The first-order valence-corrected chi connectivity index (χ1v) is 3.75. The smallest absolute Gasteiger partial charge is 0.331 e. The van der Waals surface area contributed by atoms with Crippen LogP contribution in [0.1, 0.15) is 0 Å². The molecule has 0 saturated carbocycles. The predicted molar refractivity (Wildman–Crippen MR) is 33.7 cm³/mol. The summed E-state index contributed by atoms with van der Waals surface area (Å²) in [5, 5.41) is 15.1. The fraction of sp³-hybridized carbons (Fsp3) is 0.833. The summed E-state index contributed by atoms with van der Waals surface area (Å²) in [5.41, 5.74) is 0. The van der Waals surface area contributed by atoms with Crippen LogP contribution in [0.5, 0.6) is 0 Å². The minimum absolute atomic E-state index is 0.562. The van der Waals surface area contributed by atoms with Crippen molar-refractivity contribution in [1.29, 1.82) is 5.26 Å². The molecule has 0 radical (unpaired) electrons. The van der Waals surface area contributed by atoms with Crippen molar-refractivity contribution in [2.75, 3.05) is 0 Å². The first-order valence-electron chi connectivity index (χ1n) is 3.75. The highest BCUT2D eigenvalue weighted by Crippen LogP contribution is 2.50. The van der Waals surface area contributed by atoms with Crippen molar-refractivity contribution in [1.82, 2.24) is 0 Å². The number of nitriles is 1. The molecule has 0 aromatic carbocycles. The van der Waals surface area contributed by atoms with Gasteiger partial charge in [-0.2, -0.15) is 49.2 Å². The number of nitrogens with zero attached hydrogens (tertiary/aromatic N) is 1. The van der Waals surface area contributed by atoms with Gasteiger partial charge in [-0.1, -0.05) is 0 Å². The molecule has 0 spiro atoms. The zero-order valence-corrected chi connectivity index (χ0v) is 8.08. The lowest BCUT2D eigenvalue weighted by molar-refractivity contribution is -0.509. The number of hydrogen-bond donors (Lipinski definition) is 1. The Morgan fingerprint density at radius 1 is 0.842 bits per heavy atom. The van der Waals surface area contributed by atoms with Crippen LogP contribution in [0.3, 0.4) is 0 Å². The van der Waals surface area contributed by atoms with Crippen molar-refractivity contribution < 1.29 is 53.7 Å². The van der Waals surface area contributed by atoms with Crippen molar-refractivity contribution in [2.45, 2.75) is 30.2 Å². The van der Waals surface area contributed by atoms with Crippen LogP contribution in [0, 0.1) is 11.3 Å². The van der Waals surface area contributed by atoms with Crippen LogP contribution in [0.25, 0.3) is 0 Å². The summed E-state index contributed by atoms with van der Waals surface area (Å²) < 4.78 is 123. The normalized spacial score (nSPS) is 17.8. The molecule has 0 aliphatic heterocycles. The van der Waals surface area contributed by atoms with E-state index in [9.17, 15) is 43.9 Å². The fourth-order valence-electron chi connectivity index (χ4n) is 0.596. The summed E-state index contributed by atoms with van der Waals surface area (Å²) in [6.07, 6.45) is -20.2. The molecule has 1 unspecified atom stereocenters. The fourth-order valence-corrected chi connectivity index (χ4v) is 0.596. The van der Waals surface area contributed by atoms with E-state index in [1.54, 1.807) is 4.74 Å². The largest absolute Gasteiger partial charge is 0.458 e. The van der Waals surface area contributed by atoms with Gasteiger partial charge in [0.05, 0.1) is 0 Å². The molecule has 19 heavy (non-hydrogen) atoms. The van der Waals surface area contributed by atoms with Gasteiger partial charge in [-0.15, -0.1) is 0 Å². The van der Waals surface area contributed by atoms with Crippen LogP contribution in [-0.4, -0.2) is 35.3 Å². The van der Waals surface area contributed by atoms with E-state index < -0.39 is 36.2 Å². The molecule has 0 aromatic heterocycles. The zero-order valence-electron chi connectivity index (χ0n) is 8.08. The summed E-state index contributed by atoms with van der Waals surface area (Å²) in [7, 11) is 0. The molecule has 0 amide bonds. The van der Waals surface area contributed by atoms with Crippen LogP contribution in [-0.2, 0) is 4.74 Å². The Morgan fingerprint density at radius 3 is 1.42 bits per heavy atom. The third-order valence-electron chi connectivity index (χ3n) is 1.53. The maximum Gasteiger partial charge on any atom is 0.458 e. The van der Waals surface area contributed by atoms with E-state index in [-0.39, 0.29) is 0 Å². The number of ether oxygens (including phenoxy) is 1. The van der Waals surface area contributed by atoms with Gasteiger partial charge in [0.15, 0.2) is 0 Å². The van der Waals surface area contributed by atoms with Crippen LogP contribution < -0.4 is 0 Å². The molecule has 112 valence electrons. The number of halogens is 10. The Kier molecular flexibility index (Phi) is 4.08. The molecular weight excluding hydrogens is 308 g/mol. The van der Waals surface area contributed by atoms with Crippen LogP contribution in [0.2, 0.25) is 0 Å². The quantitative estimate of drug-likeness (QED) is 0.812. The standard InChI is InChI=1S/C6HF10NO2/c7-2(8,1-17)6(15,16)19-3(9,4(10,11)12)5(13,14)18/h18H. The Bertz CT molecular complexity index is 363. The Balaban J connectivity index is 5.72. The maximum absolute atomic E-state index is 12.7. The number of hydrogen-bond acceptors (Lipinski definition) is 3.